The minimum atomic E-state index is -0.421. The molecule has 1 aliphatic rings. The van der Waals surface area contributed by atoms with E-state index in [1.807, 2.05) is 37.3 Å². The number of hydrogen-bond acceptors (Lipinski definition) is 4. The highest BCUT2D eigenvalue weighted by Crippen LogP contribution is 2.15. The largest absolute Gasteiger partial charge is 0.370 e. The molecule has 1 fully saturated rings. The van der Waals surface area contributed by atoms with Crippen molar-refractivity contribution >= 4 is 11.8 Å². The number of imidazole rings is 1. The van der Waals surface area contributed by atoms with Gasteiger partial charge in [0.15, 0.2) is 5.82 Å². The summed E-state index contributed by atoms with van der Waals surface area (Å²) in [6.07, 6.45) is 1.86. The van der Waals surface area contributed by atoms with Crippen molar-refractivity contribution in [2.45, 2.75) is 26.1 Å². The Bertz CT molecular complexity index is 1100. The van der Waals surface area contributed by atoms with Crippen molar-refractivity contribution < 1.29 is 18.7 Å². The van der Waals surface area contributed by atoms with E-state index in [9.17, 15) is 14.0 Å². The van der Waals surface area contributed by atoms with Gasteiger partial charge < -0.3 is 19.5 Å². The van der Waals surface area contributed by atoms with Crippen LogP contribution in [0.2, 0.25) is 0 Å². The lowest BCUT2D eigenvalue weighted by molar-refractivity contribution is -0.131. The maximum absolute atomic E-state index is 13.6. The Balaban J connectivity index is 1.49. The number of ether oxygens (including phenoxy) is 1. The summed E-state index contributed by atoms with van der Waals surface area (Å²) in [5, 5.41) is 0. The molecule has 1 aliphatic heterocycles. The maximum atomic E-state index is 13.6. The molecular formula is C25H27FN4O3. The minimum absolute atomic E-state index is 0.0484. The third-order valence-corrected chi connectivity index (χ3v) is 5.61. The fraction of sp³-hybridized carbons (Fsp3) is 0.320. The van der Waals surface area contributed by atoms with Crippen molar-refractivity contribution in [3.63, 3.8) is 0 Å². The summed E-state index contributed by atoms with van der Waals surface area (Å²) in [4.78, 5) is 36.3. The van der Waals surface area contributed by atoms with Gasteiger partial charge in [-0.05, 0) is 36.6 Å². The number of aromatic nitrogens is 2. The highest BCUT2D eigenvalue weighted by Gasteiger charge is 2.32. The van der Waals surface area contributed by atoms with E-state index in [1.54, 1.807) is 23.2 Å². The monoisotopic (exact) mass is 450 g/mol. The zero-order chi connectivity index (χ0) is 23.2. The summed E-state index contributed by atoms with van der Waals surface area (Å²) in [5.74, 6) is -0.622. The molecule has 8 heteroatoms. The van der Waals surface area contributed by atoms with E-state index in [2.05, 4.69) is 9.97 Å². The van der Waals surface area contributed by atoms with E-state index in [0.717, 1.165) is 11.3 Å². The molecule has 1 atom stereocenters. The SMILES string of the molecule is Cc1cnc(C(=O)N2CC(=O)N(CCc3ccccc3)CC(OCc3cccc(F)c3)C2)[nH]1. The molecule has 3 aromatic rings. The number of aryl methyl sites for hydroxylation is 1. The number of nitrogens with zero attached hydrogens (tertiary/aromatic N) is 3. The van der Waals surface area contributed by atoms with Gasteiger partial charge in [-0.3, -0.25) is 9.59 Å². The number of rotatable bonds is 7. The van der Waals surface area contributed by atoms with Crippen LogP contribution in [-0.4, -0.2) is 63.9 Å². The van der Waals surface area contributed by atoms with Gasteiger partial charge in [0.05, 0.1) is 12.7 Å². The van der Waals surface area contributed by atoms with Crippen molar-refractivity contribution in [1.82, 2.24) is 19.8 Å². The van der Waals surface area contributed by atoms with Crippen LogP contribution in [0, 0.1) is 12.7 Å². The molecule has 1 unspecified atom stereocenters. The highest BCUT2D eigenvalue weighted by atomic mass is 19.1. The molecule has 4 rings (SSSR count). The van der Waals surface area contributed by atoms with Gasteiger partial charge in [0.1, 0.15) is 12.4 Å². The lowest BCUT2D eigenvalue weighted by Crippen LogP contribution is -2.40. The van der Waals surface area contributed by atoms with Gasteiger partial charge in [-0.2, -0.15) is 0 Å². The smallest absolute Gasteiger partial charge is 0.290 e. The number of nitrogens with one attached hydrogen (secondary N) is 1. The number of carbonyl (C=O) groups excluding carboxylic acids is 2. The second-order valence-corrected chi connectivity index (χ2v) is 8.24. The number of amides is 2. The van der Waals surface area contributed by atoms with Crippen LogP contribution in [0.5, 0.6) is 0 Å². The van der Waals surface area contributed by atoms with Gasteiger partial charge in [-0.1, -0.05) is 42.5 Å². The van der Waals surface area contributed by atoms with Crippen LogP contribution in [0.1, 0.15) is 27.4 Å². The third-order valence-electron chi connectivity index (χ3n) is 5.61. The molecule has 172 valence electrons. The predicted molar refractivity (Wildman–Crippen MR) is 121 cm³/mol. The summed E-state index contributed by atoms with van der Waals surface area (Å²) in [6, 6.07) is 16.2. The quantitative estimate of drug-likeness (QED) is 0.600. The molecule has 1 N–H and O–H groups in total. The molecule has 0 bridgehead atoms. The molecule has 2 heterocycles. The van der Waals surface area contributed by atoms with Crippen LogP contribution < -0.4 is 0 Å². The fourth-order valence-electron chi connectivity index (χ4n) is 3.88. The number of halogens is 1. The summed E-state index contributed by atoms with van der Waals surface area (Å²) in [6.45, 7) is 3.06. The first-order valence-electron chi connectivity index (χ1n) is 11.0. The van der Waals surface area contributed by atoms with Crippen molar-refractivity contribution in [1.29, 1.82) is 0 Å². The first-order chi connectivity index (χ1) is 16.0. The van der Waals surface area contributed by atoms with Crippen LogP contribution in [0.3, 0.4) is 0 Å². The normalized spacial score (nSPS) is 16.7. The molecular weight excluding hydrogens is 423 g/mol. The van der Waals surface area contributed by atoms with Crippen LogP contribution in [0.25, 0.3) is 0 Å². The molecule has 7 nitrogen and oxygen atoms in total. The van der Waals surface area contributed by atoms with E-state index < -0.39 is 6.10 Å². The Morgan fingerprint density at radius 1 is 1.15 bits per heavy atom. The highest BCUT2D eigenvalue weighted by molar-refractivity contribution is 5.94. The van der Waals surface area contributed by atoms with E-state index in [0.29, 0.717) is 25.1 Å². The average Bonchev–Trinajstić information content (AvgIpc) is 3.18. The number of hydrogen-bond donors (Lipinski definition) is 1. The van der Waals surface area contributed by atoms with Crippen LogP contribution in [0.15, 0.2) is 60.8 Å². The first-order valence-corrected chi connectivity index (χ1v) is 11.0. The second-order valence-electron chi connectivity index (χ2n) is 8.24. The molecule has 33 heavy (non-hydrogen) atoms. The number of H-pyrrole nitrogens is 1. The Kier molecular flexibility index (Phi) is 7.14. The second kappa shape index (κ2) is 10.4. The summed E-state index contributed by atoms with van der Waals surface area (Å²) < 4.78 is 19.6. The topological polar surface area (TPSA) is 78.5 Å². The fourth-order valence-corrected chi connectivity index (χ4v) is 3.88. The van der Waals surface area contributed by atoms with E-state index in [1.165, 1.54) is 17.0 Å². The number of aromatic amines is 1. The predicted octanol–water partition coefficient (Wildman–Crippen LogP) is 2.97. The van der Waals surface area contributed by atoms with Crippen LogP contribution in [-0.2, 0) is 22.6 Å². The van der Waals surface area contributed by atoms with Crippen molar-refractivity contribution in [3.8, 4) is 0 Å². The zero-order valence-corrected chi connectivity index (χ0v) is 18.5. The molecule has 2 aromatic carbocycles. The summed E-state index contributed by atoms with van der Waals surface area (Å²) in [7, 11) is 0. The lowest BCUT2D eigenvalue weighted by atomic mass is 10.1. The van der Waals surface area contributed by atoms with E-state index >= 15 is 0 Å². The third kappa shape index (κ3) is 6.04. The lowest BCUT2D eigenvalue weighted by Gasteiger charge is -2.25. The van der Waals surface area contributed by atoms with Gasteiger partial charge >= 0.3 is 0 Å². The maximum Gasteiger partial charge on any atom is 0.290 e. The molecule has 0 aliphatic carbocycles. The van der Waals surface area contributed by atoms with Crippen LogP contribution >= 0.6 is 0 Å². The van der Waals surface area contributed by atoms with Gasteiger partial charge in [0.25, 0.3) is 5.91 Å². The van der Waals surface area contributed by atoms with Gasteiger partial charge in [0.2, 0.25) is 5.91 Å². The van der Waals surface area contributed by atoms with Crippen molar-refractivity contribution in [3.05, 3.63) is 89.3 Å². The Hall–Kier alpha value is -3.52. The van der Waals surface area contributed by atoms with Crippen LogP contribution in [0.4, 0.5) is 4.39 Å². The summed E-state index contributed by atoms with van der Waals surface area (Å²) in [5.41, 5.74) is 2.59. The Morgan fingerprint density at radius 3 is 2.67 bits per heavy atom. The molecule has 0 radical (unpaired) electrons. The molecule has 2 amide bonds. The standard InChI is InChI=1S/C25H27FN4O3/c1-18-13-27-24(28-18)25(32)30-15-22(33-17-20-8-5-9-21(26)12-20)14-29(23(31)16-30)11-10-19-6-3-2-4-7-19/h2-9,12-13,22H,10-11,14-17H2,1H3,(H,27,28). The molecule has 0 spiro atoms. The number of carbonyl (C=O) groups is 2. The minimum Gasteiger partial charge on any atom is -0.370 e. The van der Waals surface area contributed by atoms with Crippen molar-refractivity contribution in [2.75, 3.05) is 26.2 Å². The van der Waals surface area contributed by atoms with Gasteiger partial charge in [-0.25, -0.2) is 9.37 Å². The molecule has 1 saturated heterocycles. The molecule has 0 saturated carbocycles. The number of benzene rings is 2. The van der Waals surface area contributed by atoms with E-state index in [-0.39, 0.29) is 43.2 Å². The van der Waals surface area contributed by atoms with Gasteiger partial charge in [-0.15, -0.1) is 0 Å². The Labute approximate surface area is 192 Å². The van der Waals surface area contributed by atoms with Crippen molar-refractivity contribution in [2.24, 2.45) is 0 Å². The Morgan fingerprint density at radius 2 is 1.94 bits per heavy atom. The zero-order valence-electron chi connectivity index (χ0n) is 18.5. The van der Waals surface area contributed by atoms with E-state index in [4.69, 9.17) is 4.74 Å². The first kappa shape index (κ1) is 22.7. The molecule has 1 aromatic heterocycles. The summed E-state index contributed by atoms with van der Waals surface area (Å²) >= 11 is 0. The average molecular weight is 451 g/mol. The van der Waals surface area contributed by atoms with Gasteiger partial charge in [0, 0.05) is 31.5 Å².